The molecule has 1 amide bonds. The van der Waals surface area contributed by atoms with E-state index in [9.17, 15) is 14.9 Å². The third-order valence-electron chi connectivity index (χ3n) is 2.14. The van der Waals surface area contributed by atoms with Crippen LogP contribution < -0.4 is 11.1 Å². The van der Waals surface area contributed by atoms with Crippen LogP contribution in [0, 0.1) is 10.1 Å². The molecule has 6 nitrogen and oxygen atoms in total. The Bertz CT molecular complexity index is 457. The molecule has 6 heteroatoms. The molecular weight excluding hydrogens is 222 g/mol. The summed E-state index contributed by atoms with van der Waals surface area (Å²) in [5, 5.41) is 13.6. The van der Waals surface area contributed by atoms with E-state index in [1.54, 1.807) is 6.08 Å². The number of benzene rings is 1. The van der Waals surface area contributed by atoms with Crippen LogP contribution in [0.3, 0.4) is 0 Å². The van der Waals surface area contributed by atoms with Gasteiger partial charge in [0.05, 0.1) is 4.92 Å². The van der Waals surface area contributed by atoms with Crippen molar-refractivity contribution in [2.24, 2.45) is 5.73 Å². The zero-order valence-electron chi connectivity index (χ0n) is 9.18. The summed E-state index contributed by atoms with van der Waals surface area (Å²) >= 11 is 0. The Balaban J connectivity index is 3.02. The highest BCUT2D eigenvalue weighted by Crippen LogP contribution is 2.25. The summed E-state index contributed by atoms with van der Waals surface area (Å²) in [6.45, 7) is 4.05. The highest BCUT2D eigenvalue weighted by Gasteiger charge is 2.15. The minimum atomic E-state index is -0.619. The van der Waals surface area contributed by atoms with Gasteiger partial charge in [0.15, 0.2) is 0 Å². The summed E-state index contributed by atoms with van der Waals surface area (Å²) in [5.74, 6) is -0.619. The van der Waals surface area contributed by atoms with Crippen molar-refractivity contribution < 1.29 is 9.72 Å². The first-order valence-corrected chi connectivity index (χ1v) is 4.99. The predicted molar refractivity (Wildman–Crippen MR) is 64.9 cm³/mol. The van der Waals surface area contributed by atoms with Gasteiger partial charge in [-0.2, -0.15) is 0 Å². The van der Waals surface area contributed by atoms with Crippen molar-refractivity contribution in [3.05, 3.63) is 46.5 Å². The third kappa shape index (κ3) is 3.30. The van der Waals surface area contributed by atoms with Crippen molar-refractivity contribution in [3.63, 3.8) is 0 Å². The lowest BCUT2D eigenvalue weighted by molar-refractivity contribution is -0.384. The third-order valence-corrected chi connectivity index (χ3v) is 2.14. The van der Waals surface area contributed by atoms with Gasteiger partial charge < -0.3 is 11.1 Å². The SMILES string of the molecule is C=CCCNc1cc(C(N)=O)ccc1[N+](=O)[O-]. The first-order valence-electron chi connectivity index (χ1n) is 4.99. The Hall–Kier alpha value is -2.37. The van der Waals surface area contributed by atoms with Crippen LogP contribution in [0.15, 0.2) is 30.9 Å². The van der Waals surface area contributed by atoms with Gasteiger partial charge in [0.25, 0.3) is 5.69 Å². The molecule has 0 saturated heterocycles. The molecule has 90 valence electrons. The number of nitrogens with one attached hydrogen (secondary N) is 1. The lowest BCUT2D eigenvalue weighted by atomic mass is 10.1. The molecule has 0 saturated carbocycles. The fourth-order valence-electron chi connectivity index (χ4n) is 1.30. The average Bonchev–Trinajstić information content (AvgIpc) is 2.28. The van der Waals surface area contributed by atoms with Crippen LogP contribution >= 0.6 is 0 Å². The van der Waals surface area contributed by atoms with Crippen molar-refractivity contribution in [3.8, 4) is 0 Å². The van der Waals surface area contributed by atoms with Crippen molar-refractivity contribution in [2.75, 3.05) is 11.9 Å². The van der Waals surface area contributed by atoms with Crippen LogP contribution in [0.4, 0.5) is 11.4 Å². The van der Waals surface area contributed by atoms with E-state index >= 15 is 0 Å². The van der Waals surface area contributed by atoms with Crippen molar-refractivity contribution in [1.82, 2.24) is 0 Å². The minimum absolute atomic E-state index is 0.0842. The van der Waals surface area contributed by atoms with Crippen LogP contribution in [0.2, 0.25) is 0 Å². The molecule has 0 atom stereocenters. The second-order valence-electron chi connectivity index (χ2n) is 3.36. The summed E-state index contributed by atoms with van der Waals surface area (Å²) in [6.07, 6.45) is 2.36. The molecule has 3 N–H and O–H groups in total. The number of rotatable bonds is 6. The summed E-state index contributed by atoms with van der Waals surface area (Å²) in [5.41, 5.74) is 5.55. The number of nitro benzene ring substituents is 1. The molecule has 1 aromatic carbocycles. The Morgan fingerprint density at radius 3 is 2.82 bits per heavy atom. The van der Waals surface area contributed by atoms with Crippen LogP contribution in [0.25, 0.3) is 0 Å². The molecule has 0 fully saturated rings. The highest BCUT2D eigenvalue weighted by molar-refractivity contribution is 5.94. The normalized spacial score (nSPS) is 9.65. The molecule has 0 heterocycles. The number of primary amides is 1. The van der Waals surface area contributed by atoms with Crippen LogP contribution in [-0.2, 0) is 0 Å². The molecule has 0 radical (unpaired) electrons. The monoisotopic (exact) mass is 235 g/mol. The number of hydrogen-bond donors (Lipinski definition) is 2. The van der Waals surface area contributed by atoms with Crippen LogP contribution in [0.1, 0.15) is 16.8 Å². The molecular formula is C11H13N3O3. The van der Waals surface area contributed by atoms with Crippen LogP contribution in [-0.4, -0.2) is 17.4 Å². The number of nitrogens with zero attached hydrogens (tertiary/aromatic N) is 1. The van der Waals surface area contributed by atoms with Gasteiger partial charge in [-0.25, -0.2) is 0 Å². The van der Waals surface area contributed by atoms with E-state index in [1.807, 2.05) is 0 Å². The standard InChI is InChI=1S/C11H13N3O3/c1-2-3-6-13-9-7-8(11(12)15)4-5-10(9)14(16)17/h2,4-5,7,13H,1,3,6H2,(H2,12,15). The number of carbonyl (C=O) groups is 1. The zero-order valence-corrected chi connectivity index (χ0v) is 9.18. The van der Waals surface area contributed by atoms with E-state index in [-0.39, 0.29) is 16.9 Å². The molecule has 0 aliphatic rings. The summed E-state index contributed by atoms with van der Waals surface area (Å²) in [6, 6.07) is 3.97. The largest absolute Gasteiger partial charge is 0.379 e. The van der Waals surface area contributed by atoms with Gasteiger partial charge in [-0.05, 0) is 18.6 Å². The lowest BCUT2D eigenvalue weighted by Gasteiger charge is -2.06. The molecule has 0 spiro atoms. The second kappa shape index (κ2) is 5.64. The van der Waals surface area contributed by atoms with Gasteiger partial charge in [-0.3, -0.25) is 14.9 Å². The fourth-order valence-corrected chi connectivity index (χ4v) is 1.30. The number of nitrogens with two attached hydrogens (primary N) is 1. The first-order chi connectivity index (χ1) is 8.06. The maximum Gasteiger partial charge on any atom is 0.292 e. The molecule has 1 aromatic rings. The fraction of sp³-hybridized carbons (Fsp3) is 0.182. The first kappa shape index (κ1) is 12.7. The highest BCUT2D eigenvalue weighted by atomic mass is 16.6. The summed E-state index contributed by atoms with van der Waals surface area (Å²) < 4.78 is 0. The van der Waals surface area contributed by atoms with E-state index in [1.165, 1.54) is 18.2 Å². The predicted octanol–water partition coefficient (Wildman–Crippen LogP) is 1.68. The summed E-state index contributed by atoms with van der Waals surface area (Å²) in [4.78, 5) is 21.2. The maximum atomic E-state index is 11.0. The minimum Gasteiger partial charge on any atom is -0.379 e. The van der Waals surface area contributed by atoms with Crippen LogP contribution in [0.5, 0.6) is 0 Å². The zero-order chi connectivity index (χ0) is 12.8. The Labute approximate surface area is 98.3 Å². The topological polar surface area (TPSA) is 98.3 Å². The molecule has 0 bridgehead atoms. The van der Waals surface area contributed by atoms with E-state index in [4.69, 9.17) is 5.73 Å². The number of anilines is 1. The van der Waals surface area contributed by atoms with Crippen molar-refractivity contribution in [2.45, 2.75) is 6.42 Å². The van der Waals surface area contributed by atoms with Gasteiger partial charge in [-0.1, -0.05) is 6.08 Å². The molecule has 1 rings (SSSR count). The number of carbonyl (C=O) groups excluding carboxylic acids is 1. The van der Waals surface area contributed by atoms with Gasteiger partial charge in [-0.15, -0.1) is 6.58 Å². The summed E-state index contributed by atoms with van der Waals surface area (Å²) in [7, 11) is 0. The average molecular weight is 235 g/mol. The van der Waals surface area contributed by atoms with Gasteiger partial charge in [0.1, 0.15) is 5.69 Å². The van der Waals surface area contributed by atoms with E-state index in [0.717, 1.165) is 0 Å². The Kier molecular flexibility index (Phi) is 4.21. The molecule has 17 heavy (non-hydrogen) atoms. The molecule has 0 aromatic heterocycles. The number of nitro groups is 1. The lowest BCUT2D eigenvalue weighted by Crippen LogP contribution is -2.12. The smallest absolute Gasteiger partial charge is 0.292 e. The van der Waals surface area contributed by atoms with Gasteiger partial charge in [0.2, 0.25) is 5.91 Å². The molecule has 0 aliphatic heterocycles. The molecule has 0 aliphatic carbocycles. The van der Waals surface area contributed by atoms with E-state index in [0.29, 0.717) is 13.0 Å². The maximum absolute atomic E-state index is 11.0. The van der Waals surface area contributed by atoms with Gasteiger partial charge >= 0.3 is 0 Å². The quantitative estimate of drug-likeness (QED) is 0.339. The van der Waals surface area contributed by atoms with Crippen molar-refractivity contribution in [1.29, 1.82) is 0 Å². The van der Waals surface area contributed by atoms with Crippen molar-refractivity contribution >= 4 is 17.3 Å². The Morgan fingerprint density at radius 1 is 1.59 bits per heavy atom. The van der Waals surface area contributed by atoms with E-state index < -0.39 is 10.8 Å². The van der Waals surface area contributed by atoms with E-state index in [2.05, 4.69) is 11.9 Å². The Morgan fingerprint density at radius 2 is 2.29 bits per heavy atom. The second-order valence-corrected chi connectivity index (χ2v) is 3.36. The van der Waals surface area contributed by atoms with Gasteiger partial charge in [0, 0.05) is 18.2 Å². The molecule has 0 unspecified atom stereocenters. The number of hydrogen-bond acceptors (Lipinski definition) is 4. The number of amides is 1.